The Bertz CT molecular complexity index is 931. The first-order valence-corrected chi connectivity index (χ1v) is 9.70. The average Bonchev–Trinajstić information content (AvgIpc) is 3.27. The Kier molecular flexibility index (Phi) is 4.93. The SMILES string of the molecule is CCCC1(C)COC(Cc2ncn[nH]2)(c2cc3cc(Cl)cc(Cl)c3o2)OC1. The molecule has 0 radical (unpaired) electrons. The molecule has 0 saturated carbocycles. The number of hydrogen-bond acceptors (Lipinski definition) is 5. The number of ether oxygens (including phenoxy) is 2. The molecule has 3 heterocycles. The van der Waals surface area contributed by atoms with Gasteiger partial charge in [0.25, 0.3) is 0 Å². The molecule has 0 unspecified atom stereocenters. The second-order valence-electron chi connectivity index (χ2n) is 7.42. The second-order valence-corrected chi connectivity index (χ2v) is 8.26. The third-order valence-corrected chi connectivity index (χ3v) is 5.44. The van der Waals surface area contributed by atoms with Crippen molar-refractivity contribution in [3.8, 4) is 0 Å². The maximum absolute atomic E-state index is 6.31. The zero-order valence-corrected chi connectivity index (χ0v) is 16.7. The summed E-state index contributed by atoms with van der Waals surface area (Å²) in [5.74, 6) is 0.0945. The molecule has 0 amide bonds. The van der Waals surface area contributed by atoms with Crippen LogP contribution < -0.4 is 0 Å². The molecule has 0 bridgehead atoms. The van der Waals surface area contributed by atoms with E-state index >= 15 is 0 Å². The molecule has 1 fully saturated rings. The van der Waals surface area contributed by atoms with E-state index in [4.69, 9.17) is 37.1 Å². The zero-order chi connectivity index (χ0) is 19.1. The number of aromatic nitrogens is 3. The van der Waals surface area contributed by atoms with Crippen molar-refractivity contribution in [3.05, 3.63) is 46.2 Å². The number of benzene rings is 1. The third kappa shape index (κ3) is 3.59. The zero-order valence-electron chi connectivity index (χ0n) is 15.2. The standard InChI is InChI=1S/C19H21Cl2N3O3/c1-3-4-18(2)9-25-19(26-10-18,8-16-22-11-23-24-16)15-6-12-5-13(20)7-14(21)17(12)27-15/h5-7,11H,3-4,8-10H2,1-2H3,(H,22,23,24). The lowest BCUT2D eigenvalue weighted by molar-refractivity contribution is -0.318. The highest BCUT2D eigenvalue weighted by molar-refractivity contribution is 6.38. The van der Waals surface area contributed by atoms with Crippen LogP contribution in [0.3, 0.4) is 0 Å². The quantitative estimate of drug-likeness (QED) is 0.633. The van der Waals surface area contributed by atoms with E-state index in [0.717, 1.165) is 18.2 Å². The number of halogens is 2. The molecule has 2 aromatic heterocycles. The summed E-state index contributed by atoms with van der Waals surface area (Å²) in [6.07, 6.45) is 3.90. The molecule has 3 aromatic rings. The van der Waals surface area contributed by atoms with Crippen LogP contribution in [0.15, 0.2) is 28.9 Å². The van der Waals surface area contributed by atoms with Gasteiger partial charge in [-0.2, -0.15) is 5.10 Å². The number of furan rings is 1. The number of hydrogen-bond donors (Lipinski definition) is 1. The lowest BCUT2D eigenvalue weighted by atomic mass is 9.86. The first-order valence-electron chi connectivity index (χ1n) is 8.94. The Labute approximate surface area is 167 Å². The molecular formula is C19H21Cl2N3O3. The van der Waals surface area contributed by atoms with Crippen molar-refractivity contribution >= 4 is 34.2 Å². The van der Waals surface area contributed by atoms with Crippen LogP contribution in [0, 0.1) is 5.41 Å². The first kappa shape index (κ1) is 18.7. The number of nitrogens with one attached hydrogen (secondary N) is 1. The largest absolute Gasteiger partial charge is 0.454 e. The van der Waals surface area contributed by atoms with Crippen molar-refractivity contribution in [2.45, 2.75) is 38.9 Å². The molecule has 1 saturated heterocycles. The van der Waals surface area contributed by atoms with Gasteiger partial charge in [0.05, 0.1) is 24.7 Å². The predicted octanol–water partition coefficient (Wildman–Crippen LogP) is 5.11. The molecule has 6 nitrogen and oxygen atoms in total. The Balaban J connectivity index is 1.74. The van der Waals surface area contributed by atoms with Gasteiger partial charge in [-0.1, -0.05) is 43.5 Å². The van der Waals surface area contributed by atoms with E-state index < -0.39 is 5.79 Å². The van der Waals surface area contributed by atoms with E-state index in [1.807, 2.05) is 12.1 Å². The van der Waals surface area contributed by atoms with Crippen molar-refractivity contribution in [3.63, 3.8) is 0 Å². The van der Waals surface area contributed by atoms with Gasteiger partial charge in [-0.05, 0) is 24.6 Å². The molecule has 1 aliphatic rings. The van der Waals surface area contributed by atoms with E-state index in [-0.39, 0.29) is 5.41 Å². The number of aromatic amines is 1. The molecule has 0 atom stereocenters. The number of fused-ring (bicyclic) bond motifs is 1. The highest BCUT2D eigenvalue weighted by Crippen LogP contribution is 2.43. The van der Waals surface area contributed by atoms with Gasteiger partial charge < -0.3 is 13.9 Å². The molecule has 144 valence electrons. The van der Waals surface area contributed by atoms with Crippen molar-refractivity contribution in [2.75, 3.05) is 13.2 Å². The molecular weight excluding hydrogens is 389 g/mol. The van der Waals surface area contributed by atoms with Crippen molar-refractivity contribution < 1.29 is 13.9 Å². The topological polar surface area (TPSA) is 73.2 Å². The summed E-state index contributed by atoms with van der Waals surface area (Å²) in [4.78, 5) is 4.22. The fourth-order valence-corrected chi connectivity index (χ4v) is 4.09. The summed E-state index contributed by atoms with van der Waals surface area (Å²) in [5, 5.41) is 8.59. The maximum Gasteiger partial charge on any atom is 0.235 e. The minimum Gasteiger partial charge on any atom is -0.454 e. The van der Waals surface area contributed by atoms with Crippen LogP contribution in [0.4, 0.5) is 0 Å². The number of nitrogens with zero attached hydrogens (tertiary/aromatic N) is 2. The van der Waals surface area contributed by atoms with Gasteiger partial charge in [0.15, 0.2) is 11.3 Å². The molecule has 1 aliphatic heterocycles. The van der Waals surface area contributed by atoms with Crippen molar-refractivity contribution in [1.82, 2.24) is 15.2 Å². The van der Waals surface area contributed by atoms with Crippen molar-refractivity contribution in [1.29, 1.82) is 0 Å². The van der Waals surface area contributed by atoms with E-state index in [1.54, 1.807) is 6.07 Å². The summed E-state index contributed by atoms with van der Waals surface area (Å²) in [6, 6.07) is 5.33. The van der Waals surface area contributed by atoms with Crippen LogP contribution in [-0.4, -0.2) is 28.4 Å². The Morgan fingerprint density at radius 1 is 1.19 bits per heavy atom. The predicted molar refractivity (Wildman–Crippen MR) is 103 cm³/mol. The number of rotatable bonds is 5. The maximum atomic E-state index is 6.31. The van der Waals surface area contributed by atoms with Gasteiger partial charge in [0.1, 0.15) is 12.2 Å². The highest BCUT2D eigenvalue weighted by atomic mass is 35.5. The fourth-order valence-electron chi connectivity index (χ4n) is 3.54. The second kappa shape index (κ2) is 7.09. The van der Waals surface area contributed by atoms with Crippen molar-refractivity contribution in [2.24, 2.45) is 5.41 Å². The summed E-state index contributed by atoms with van der Waals surface area (Å²) < 4.78 is 18.7. The molecule has 8 heteroatoms. The molecule has 4 rings (SSSR count). The summed E-state index contributed by atoms with van der Waals surface area (Å²) in [6.45, 7) is 5.44. The van der Waals surface area contributed by atoms with Crippen LogP contribution >= 0.6 is 23.2 Å². The van der Waals surface area contributed by atoms with Crippen LogP contribution in [0.2, 0.25) is 10.0 Å². The van der Waals surface area contributed by atoms with Gasteiger partial charge in [-0.3, -0.25) is 5.10 Å². The third-order valence-electron chi connectivity index (χ3n) is 4.94. The summed E-state index contributed by atoms with van der Waals surface area (Å²) in [7, 11) is 0. The minimum absolute atomic E-state index is 0.0351. The molecule has 27 heavy (non-hydrogen) atoms. The van der Waals surface area contributed by atoms with Crippen LogP contribution in [0.5, 0.6) is 0 Å². The van der Waals surface area contributed by atoms with Gasteiger partial charge in [0.2, 0.25) is 5.79 Å². The minimum atomic E-state index is -1.10. The van der Waals surface area contributed by atoms with Gasteiger partial charge >= 0.3 is 0 Å². The van der Waals surface area contributed by atoms with Crippen LogP contribution in [-0.2, 0) is 21.7 Å². The first-order chi connectivity index (χ1) is 12.9. The molecule has 0 aliphatic carbocycles. The normalized spacial score (nSPS) is 25.9. The smallest absolute Gasteiger partial charge is 0.235 e. The number of H-pyrrole nitrogens is 1. The summed E-state index contributed by atoms with van der Waals surface area (Å²) in [5.41, 5.74) is 0.522. The monoisotopic (exact) mass is 409 g/mol. The van der Waals surface area contributed by atoms with Gasteiger partial charge in [-0.25, -0.2) is 4.98 Å². The fraction of sp³-hybridized carbons (Fsp3) is 0.474. The van der Waals surface area contributed by atoms with Gasteiger partial charge in [0, 0.05) is 15.8 Å². The lowest BCUT2D eigenvalue weighted by Gasteiger charge is -2.43. The van der Waals surface area contributed by atoms with Gasteiger partial charge in [-0.15, -0.1) is 0 Å². The molecule has 0 spiro atoms. The molecule has 1 aromatic carbocycles. The Morgan fingerprint density at radius 3 is 2.63 bits per heavy atom. The van der Waals surface area contributed by atoms with Crippen LogP contribution in [0.25, 0.3) is 11.0 Å². The average molecular weight is 410 g/mol. The van der Waals surface area contributed by atoms with E-state index in [1.165, 1.54) is 6.33 Å². The molecule has 1 N–H and O–H groups in total. The highest BCUT2D eigenvalue weighted by Gasteiger charge is 2.46. The Hall–Kier alpha value is -1.60. The van der Waals surface area contributed by atoms with Crippen LogP contribution in [0.1, 0.15) is 38.3 Å². The van der Waals surface area contributed by atoms with E-state index in [9.17, 15) is 0 Å². The van der Waals surface area contributed by atoms with E-state index in [2.05, 4.69) is 29.0 Å². The van der Waals surface area contributed by atoms with E-state index in [0.29, 0.717) is 46.8 Å². The Morgan fingerprint density at radius 2 is 1.96 bits per heavy atom. The summed E-state index contributed by atoms with van der Waals surface area (Å²) >= 11 is 12.4. The lowest BCUT2D eigenvalue weighted by Crippen LogP contribution is -2.48.